The van der Waals surface area contributed by atoms with Gasteiger partial charge >= 0.3 is 0 Å². The van der Waals surface area contributed by atoms with Gasteiger partial charge in [0, 0.05) is 50.8 Å². The average Bonchev–Trinajstić information content (AvgIpc) is 3.23. The van der Waals surface area contributed by atoms with E-state index in [0.717, 1.165) is 75.8 Å². The predicted octanol–water partition coefficient (Wildman–Crippen LogP) is 2.61. The zero-order valence-corrected chi connectivity index (χ0v) is 21.1. The summed E-state index contributed by atoms with van der Waals surface area (Å²) in [5, 5.41) is 3.93. The van der Waals surface area contributed by atoms with Crippen LogP contribution < -0.4 is 5.32 Å². The van der Waals surface area contributed by atoms with Crippen LogP contribution in [0.3, 0.4) is 0 Å². The van der Waals surface area contributed by atoms with Gasteiger partial charge in [-0.25, -0.2) is 0 Å². The summed E-state index contributed by atoms with van der Waals surface area (Å²) in [6.45, 7) is 8.71. The number of rotatable bonds is 8. The fraction of sp³-hybridized carbons (Fsp3) is 0.692. The van der Waals surface area contributed by atoms with Crippen molar-refractivity contribution in [1.82, 2.24) is 24.9 Å². The van der Waals surface area contributed by atoms with Gasteiger partial charge in [-0.05, 0) is 50.4 Å². The number of likely N-dealkylation sites (tertiary alicyclic amines) is 2. The number of hydrogen-bond acceptors (Lipinski definition) is 5. The Hall–Kier alpha value is -1.67. The van der Waals surface area contributed by atoms with Crippen LogP contribution in [0.5, 0.6) is 0 Å². The van der Waals surface area contributed by atoms with Crippen LogP contribution in [-0.2, 0) is 9.59 Å². The highest BCUT2D eigenvalue weighted by Crippen LogP contribution is 2.29. The molecule has 2 amide bonds. The summed E-state index contributed by atoms with van der Waals surface area (Å²) in [7, 11) is 0. The summed E-state index contributed by atoms with van der Waals surface area (Å²) in [4.78, 5) is 34.3. The van der Waals surface area contributed by atoms with Gasteiger partial charge in [0.15, 0.2) is 0 Å². The van der Waals surface area contributed by atoms with E-state index in [1.807, 2.05) is 23.1 Å². The maximum Gasteiger partial charge on any atom is 0.236 e. The molecule has 1 unspecified atom stereocenters. The van der Waals surface area contributed by atoms with Crippen molar-refractivity contribution in [2.75, 3.05) is 72.0 Å². The highest BCUT2D eigenvalue weighted by Gasteiger charge is 2.27. The Kier molecular flexibility index (Phi) is 9.62. The number of carbonyl (C=O) groups is 2. The first-order valence-corrected chi connectivity index (χ1v) is 13.5. The molecule has 0 radical (unpaired) electrons. The van der Waals surface area contributed by atoms with Crippen LogP contribution in [0.4, 0.5) is 0 Å². The lowest BCUT2D eigenvalue weighted by Crippen LogP contribution is -2.52. The second kappa shape index (κ2) is 12.9. The van der Waals surface area contributed by atoms with Crippen molar-refractivity contribution >= 4 is 23.4 Å². The van der Waals surface area contributed by atoms with Gasteiger partial charge in [-0.3, -0.25) is 24.3 Å². The molecule has 1 aromatic carbocycles. The third-order valence-corrected chi connectivity index (χ3v) is 7.83. The summed E-state index contributed by atoms with van der Waals surface area (Å²) in [6.07, 6.45) is 7.12. The minimum Gasteiger partial charge on any atom is -0.353 e. The van der Waals surface area contributed by atoms with E-state index in [1.54, 1.807) is 0 Å². The van der Waals surface area contributed by atoms with Gasteiger partial charge in [0.25, 0.3) is 0 Å². The van der Waals surface area contributed by atoms with Crippen LogP contribution in [0.25, 0.3) is 0 Å². The maximum absolute atomic E-state index is 12.8. The van der Waals surface area contributed by atoms with Gasteiger partial charge in [-0.2, -0.15) is 0 Å². The first-order chi connectivity index (χ1) is 16.6. The van der Waals surface area contributed by atoms with E-state index < -0.39 is 0 Å². The van der Waals surface area contributed by atoms with Gasteiger partial charge in [0.05, 0.1) is 19.1 Å². The molecule has 4 rings (SSSR count). The monoisotopic (exact) mass is 489 g/mol. The fourth-order valence-corrected chi connectivity index (χ4v) is 5.68. The molecule has 0 aliphatic carbocycles. The summed E-state index contributed by atoms with van der Waals surface area (Å²) in [6, 6.07) is 8.08. The summed E-state index contributed by atoms with van der Waals surface area (Å²) >= 11 is 6.50. The van der Waals surface area contributed by atoms with E-state index in [0.29, 0.717) is 19.6 Å². The van der Waals surface area contributed by atoms with Gasteiger partial charge in [-0.1, -0.05) is 42.6 Å². The molecule has 3 heterocycles. The molecule has 0 spiro atoms. The Morgan fingerprint density at radius 3 is 2.03 bits per heavy atom. The Balaban J connectivity index is 1.20. The molecule has 1 atom stereocenters. The van der Waals surface area contributed by atoms with Crippen molar-refractivity contribution in [3.05, 3.63) is 34.9 Å². The first kappa shape index (κ1) is 25.4. The topological polar surface area (TPSA) is 59.1 Å². The molecule has 188 valence electrons. The van der Waals surface area contributed by atoms with E-state index in [9.17, 15) is 9.59 Å². The zero-order valence-electron chi connectivity index (χ0n) is 20.4. The first-order valence-electron chi connectivity index (χ1n) is 13.1. The number of halogens is 1. The van der Waals surface area contributed by atoms with Crippen molar-refractivity contribution in [3.8, 4) is 0 Å². The maximum atomic E-state index is 12.8. The summed E-state index contributed by atoms with van der Waals surface area (Å²) in [5.74, 6) is 0.325. The smallest absolute Gasteiger partial charge is 0.236 e. The van der Waals surface area contributed by atoms with Crippen LogP contribution in [-0.4, -0.2) is 103 Å². The van der Waals surface area contributed by atoms with Crippen molar-refractivity contribution in [1.29, 1.82) is 0 Å². The highest BCUT2D eigenvalue weighted by molar-refractivity contribution is 6.31. The SMILES string of the molecule is O=C(CN1CCN(CC(=O)N2CCCCCC2)CC1)NCC(c1ccccc1Cl)N1CCCC1. The Labute approximate surface area is 209 Å². The van der Waals surface area contributed by atoms with Crippen molar-refractivity contribution < 1.29 is 9.59 Å². The average molecular weight is 490 g/mol. The second-order valence-corrected chi connectivity index (χ2v) is 10.3. The van der Waals surface area contributed by atoms with E-state index in [2.05, 4.69) is 26.1 Å². The number of carbonyl (C=O) groups excluding carboxylic acids is 2. The lowest BCUT2D eigenvalue weighted by Gasteiger charge is -2.35. The van der Waals surface area contributed by atoms with Crippen LogP contribution >= 0.6 is 11.6 Å². The molecule has 3 saturated heterocycles. The molecule has 7 nitrogen and oxygen atoms in total. The normalized spacial score (nSPS) is 21.9. The van der Waals surface area contributed by atoms with E-state index >= 15 is 0 Å². The van der Waals surface area contributed by atoms with Gasteiger partial charge in [0.2, 0.25) is 11.8 Å². The molecule has 3 aliphatic heterocycles. The number of hydrogen-bond donors (Lipinski definition) is 1. The van der Waals surface area contributed by atoms with E-state index in [4.69, 9.17) is 11.6 Å². The number of amides is 2. The van der Waals surface area contributed by atoms with Crippen molar-refractivity contribution in [2.24, 2.45) is 0 Å². The molecule has 0 aromatic heterocycles. The van der Waals surface area contributed by atoms with E-state index in [-0.39, 0.29) is 17.9 Å². The van der Waals surface area contributed by atoms with E-state index in [1.165, 1.54) is 25.7 Å². The molecule has 1 N–H and O–H groups in total. The number of nitrogens with one attached hydrogen (secondary N) is 1. The molecule has 0 saturated carbocycles. The Bertz CT molecular complexity index is 800. The molecular weight excluding hydrogens is 450 g/mol. The van der Waals surface area contributed by atoms with Gasteiger partial charge in [0.1, 0.15) is 0 Å². The molecule has 1 aromatic rings. The van der Waals surface area contributed by atoms with Crippen molar-refractivity contribution in [3.63, 3.8) is 0 Å². The number of piperazine rings is 1. The Morgan fingerprint density at radius 1 is 0.794 bits per heavy atom. The van der Waals surface area contributed by atoms with Gasteiger partial charge < -0.3 is 10.2 Å². The lowest BCUT2D eigenvalue weighted by atomic mass is 10.1. The second-order valence-electron chi connectivity index (χ2n) is 9.93. The summed E-state index contributed by atoms with van der Waals surface area (Å²) < 4.78 is 0. The third-order valence-electron chi connectivity index (χ3n) is 7.49. The van der Waals surface area contributed by atoms with Crippen LogP contribution in [0.2, 0.25) is 5.02 Å². The lowest BCUT2D eigenvalue weighted by molar-refractivity contribution is -0.133. The largest absolute Gasteiger partial charge is 0.353 e. The fourth-order valence-electron chi connectivity index (χ4n) is 5.42. The predicted molar refractivity (Wildman–Crippen MR) is 136 cm³/mol. The molecule has 3 aliphatic rings. The number of benzene rings is 1. The van der Waals surface area contributed by atoms with Crippen LogP contribution in [0.1, 0.15) is 50.1 Å². The van der Waals surface area contributed by atoms with Crippen LogP contribution in [0, 0.1) is 0 Å². The molecule has 8 heteroatoms. The standard InChI is InChI=1S/C26H40ClN5O2/c27-23-10-4-3-9-22(23)24(31-11-7-8-12-31)19-28-25(33)20-29-15-17-30(18-16-29)21-26(34)32-13-5-1-2-6-14-32/h3-4,9-10,24H,1-2,5-8,11-21H2,(H,28,33). The summed E-state index contributed by atoms with van der Waals surface area (Å²) in [5.41, 5.74) is 1.09. The quantitative estimate of drug-likeness (QED) is 0.608. The minimum absolute atomic E-state index is 0.0605. The number of nitrogens with zero attached hydrogens (tertiary/aromatic N) is 4. The molecule has 3 fully saturated rings. The Morgan fingerprint density at radius 2 is 1.38 bits per heavy atom. The van der Waals surface area contributed by atoms with Gasteiger partial charge in [-0.15, -0.1) is 0 Å². The third kappa shape index (κ3) is 7.17. The molecular formula is C26H40ClN5O2. The molecule has 0 bridgehead atoms. The zero-order chi connectivity index (χ0) is 23.8. The van der Waals surface area contributed by atoms with Crippen LogP contribution in [0.15, 0.2) is 24.3 Å². The molecule has 34 heavy (non-hydrogen) atoms. The minimum atomic E-state index is 0.0605. The highest BCUT2D eigenvalue weighted by atomic mass is 35.5. The van der Waals surface area contributed by atoms with Crippen molar-refractivity contribution in [2.45, 2.75) is 44.6 Å².